The van der Waals surface area contributed by atoms with Gasteiger partial charge in [-0.15, -0.1) is 0 Å². The largest absolute Gasteiger partial charge is 0.504 e. The van der Waals surface area contributed by atoms with E-state index in [4.69, 9.17) is 40.9 Å². The van der Waals surface area contributed by atoms with Crippen LogP contribution < -0.4 is 21.3 Å². The van der Waals surface area contributed by atoms with Crippen LogP contribution in [-0.2, 0) is 38.4 Å². The van der Waals surface area contributed by atoms with Crippen molar-refractivity contribution in [3.8, 4) is 34.5 Å². The Hall–Kier alpha value is -7.30. The fourth-order valence-corrected chi connectivity index (χ4v) is 3.49. The highest BCUT2D eigenvalue weighted by Crippen LogP contribution is 2.36. The number of phenolic OH excluding ortho intramolecular Hbond substituents is 6. The average molecular weight is 755 g/mol. The number of carbonyl (C=O) groups excluding carboxylic acids is 8. The van der Waals surface area contributed by atoms with Crippen molar-refractivity contribution >= 4 is 59.2 Å². The van der Waals surface area contributed by atoms with Crippen LogP contribution in [0.3, 0.4) is 0 Å². The van der Waals surface area contributed by atoms with Crippen molar-refractivity contribution in [3.05, 3.63) is 35.4 Å². The van der Waals surface area contributed by atoms with Crippen LogP contribution in [0.4, 0.5) is 0 Å². The van der Waals surface area contributed by atoms with Crippen LogP contribution in [0, 0.1) is 0 Å². The van der Waals surface area contributed by atoms with Gasteiger partial charge >= 0.3 is 11.9 Å². The molecule has 2 aromatic rings. The SMILES string of the molecule is O.O=C(O)c1cc(O)c(O)c(O)c1.O=C(O)c1cc(O)c(O)c(O)c1.O=C1CCC(=O)N1.O=C1CCC(=O)N1.O=C1CCC(=O)N1.O=C1CCC(=O)N1. The summed E-state index contributed by atoms with van der Waals surface area (Å²) in [6.45, 7) is 0. The second-order valence-corrected chi connectivity index (χ2v) is 10.2. The second-order valence-electron chi connectivity index (χ2n) is 10.2. The number of hydrogen-bond acceptors (Lipinski definition) is 16. The molecule has 2 aromatic carbocycles. The molecule has 4 fully saturated rings. The maximum absolute atomic E-state index is 10.3. The van der Waals surface area contributed by atoms with Crippen molar-refractivity contribution in [2.24, 2.45) is 0 Å². The molecule has 4 aliphatic rings. The summed E-state index contributed by atoms with van der Waals surface area (Å²) >= 11 is 0. The summed E-state index contributed by atoms with van der Waals surface area (Å²) in [6.07, 6.45) is 2.99. The monoisotopic (exact) mass is 754 g/mol. The van der Waals surface area contributed by atoms with Gasteiger partial charge in [0.05, 0.1) is 11.1 Å². The smallest absolute Gasteiger partial charge is 0.335 e. The molecule has 14 N–H and O–H groups in total. The van der Waals surface area contributed by atoms with Gasteiger partial charge in [-0.05, 0) is 24.3 Å². The number of carbonyl (C=O) groups is 10. The summed E-state index contributed by atoms with van der Waals surface area (Å²) in [5, 5.41) is 78.5. The maximum Gasteiger partial charge on any atom is 0.335 e. The molecule has 0 radical (unpaired) electrons. The second kappa shape index (κ2) is 21.7. The molecule has 8 amide bonds. The lowest BCUT2D eigenvalue weighted by molar-refractivity contribution is -0.126. The Morgan fingerprint density at radius 2 is 0.528 bits per heavy atom. The average Bonchev–Trinajstić information content (AvgIpc) is 3.85. The third-order valence-corrected chi connectivity index (χ3v) is 6.07. The number of amides is 8. The lowest BCUT2D eigenvalue weighted by atomic mass is 10.2. The van der Waals surface area contributed by atoms with Crippen LogP contribution in [0.5, 0.6) is 34.5 Å². The molecule has 0 bridgehead atoms. The summed E-state index contributed by atoms with van der Waals surface area (Å²) in [5.41, 5.74) is -0.578. The molecule has 0 unspecified atom stereocenters. The van der Waals surface area contributed by atoms with Crippen LogP contribution in [0.25, 0.3) is 0 Å². The van der Waals surface area contributed by atoms with E-state index in [1.54, 1.807) is 0 Å². The van der Waals surface area contributed by atoms with Gasteiger partial charge in [-0.1, -0.05) is 0 Å². The number of aromatic hydroxyl groups is 6. The predicted octanol–water partition coefficient (Wildman–Crippen LogP) is -2.13. The topological polar surface area (TPSA) is 412 Å². The first-order valence-corrected chi connectivity index (χ1v) is 14.5. The van der Waals surface area contributed by atoms with E-state index in [9.17, 15) is 47.9 Å². The molecule has 0 spiro atoms. The molecule has 23 heteroatoms. The number of nitrogens with one attached hydrogen (secondary N) is 4. The lowest BCUT2D eigenvalue weighted by Crippen LogP contribution is -2.18. The van der Waals surface area contributed by atoms with Crippen molar-refractivity contribution in [2.75, 3.05) is 0 Å². The minimum absolute atomic E-state index is 0. The van der Waals surface area contributed by atoms with E-state index < -0.39 is 46.4 Å². The van der Waals surface area contributed by atoms with Crippen LogP contribution in [0.2, 0.25) is 0 Å². The highest BCUT2D eigenvalue weighted by Gasteiger charge is 2.18. The summed E-state index contributed by atoms with van der Waals surface area (Å²) in [7, 11) is 0. The molecule has 4 aliphatic heterocycles. The fourth-order valence-electron chi connectivity index (χ4n) is 3.49. The first kappa shape index (κ1) is 45.7. The highest BCUT2D eigenvalue weighted by molar-refractivity contribution is 6.03. The molecule has 0 aliphatic carbocycles. The molecule has 23 nitrogen and oxygen atoms in total. The third-order valence-electron chi connectivity index (χ3n) is 6.07. The number of carboxylic acids is 2. The molecule has 0 saturated carbocycles. The lowest BCUT2D eigenvalue weighted by Gasteiger charge is -2.01. The Balaban J connectivity index is 0.000000621. The van der Waals surface area contributed by atoms with Gasteiger partial charge in [0.15, 0.2) is 34.5 Å². The number of rotatable bonds is 2. The zero-order valence-electron chi connectivity index (χ0n) is 27.1. The normalized spacial score (nSPS) is 14.9. The molecule has 6 rings (SSSR count). The Bertz CT molecular complexity index is 1480. The van der Waals surface area contributed by atoms with E-state index in [0.717, 1.165) is 24.3 Å². The van der Waals surface area contributed by atoms with Gasteiger partial charge in [0.25, 0.3) is 0 Å². The minimum Gasteiger partial charge on any atom is -0.504 e. The molecular formula is C30H34N4O19. The summed E-state index contributed by atoms with van der Waals surface area (Å²) in [6, 6.07) is 3.38. The van der Waals surface area contributed by atoms with Gasteiger partial charge in [-0.25, -0.2) is 9.59 Å². The summed E-state index contributed by atoms with van der Waals surface area (Å²) in [5.74, 6) is -7.85. The van der Waals surface area contributed by atoms with E-state index in [0.29, 0.717) is 51.4 Å². The number of hydrogen-bond donors (Lipinski definition) is 12. The molecule has 0 atom stereocenters. The first-order chi connectivity index (χ1) is 24.2. The number of aromatic carboxylic acids is 2. The van der Waals surface area contributed by atoms with E-state index >= 15 is 0 Å². The van der Waals surface area contributed by atoms with Crippen LogP contribution >= 0.6 is 0 Å². The van der Waals surface area contributed by atoms with Crippen LogP contribution in [0.15, 0.2) is 24.3 Å². The standard InChI is InChI=1S/2C7H6O5.4C4H5NO2.H2O/c2*8-4-1-3(7(11)12)2-5(9)6(4)10;4*6-3-1-2-4(7)5-3;/h2*1-2,8-10H,(H,11,12);4*1-2H2,(H,5,6,7);1H2. The van der Waals surface area contributed by atoms with Crippen LogP contribution in [0.1, 0.15) is 72.1 Å². The van der Waals surface area contributed by atoms with E-state index in [-0.39, 0.29) is 63.9 Å². The maximum atomic E-state index is 10.3. The predicted molar refractivity (Wildman–Crippen MR) is 170 cm³/mol. The zero-order chi connectivity index (χ0) is 39.7. The Morgan fingerprint density at radius 1 is 0.377 bits per heavy atom. The zero-order valence-corrected chi connectivity index (χ0v) is 27.1. The molecule has 53 heavy (non-hydrogen) atoms. The molecular weight excluding hydrogens is 720 g/mol. The first-order valence-electron chi connectivity index (χ1n) is 14.5. The van der Waals surface area contributed by atoms with Gasteiger partial charge < -0.3 is 46.3 Å². The number of imide groups is 4. The quantitative estimate of drug-likeness (QED) is 0.115. The van der Waals surface area contributed by atoms with Gasteiger partial charge in [0, 0.05) is 51.4 Å². The van der Waals surface area contributed by atoms with E-state index in [1.165, 1.54) is 0 Å². The van der Waals surface area contributed by atoms with Crippen molar-refractivity contribution in [1.29, 1.82) is 0 Å². The molecule has 4 saturated heterocycles. The van der Waals surface area contributed by atoms with Gasteiger partial charge in [-0.2, -0.15) is 0 Å². The number of phenols is 6. The summed E-state index contributed by atoms with van der Waals surface area (Å²) in [4.78, 5) is 102. The summed E-state index contributed by atoms with van der Waals surface area (Å²) < 4.78 is 0. The third kappa shape index (κ3) is 17.3. The fraction of sp³-hybridized carbons (Fsp3) is 0.267. The van der Waals surface area contributed by atoms with Gasteiger partial charge in [0.1, 0.15) is 0 Å². The van der Waals surface area contributed by atoms with E-state index in [2.05, 4.69) is 21.3 Å². The molecule has 288 valence electrons. The van der Waals surface area contributed by atoms with Crippen molar-refractivity contribution in [2.45, 2.75) is 51.4 Å². The molecule has 0 aromatic heterocycles. The minimum atomic E-state index is -1.29. The number of benzene rings is 2. The van der Waals surface area contributed by atoms with Gasteiger partial charge in [-0.3, -0.25) is 59.6 Å². The van der Waals surface area contributed by atoms with E-state index in [1.807, 2.05) is 0 Å². The molecule has 4 heterocycles. The van der Waals surface area contributed by atoms with Gasteiger partial charge in [0.2, 0.25) is 47.3 Å². The van der Waals surface area contributed by atoms with Crippen molar-refractivity contribution in [1.82, 2.24) is 21.3 Å². The van der Waals surface area contributed by atoms with Crippen molar-refractivity contribution < 1.29 is 94.3 Å². The Labute approximate surface area is 296 Å². The Kier molecular flexibility index (Phi) is 18.7. The number of carboxylic acid groups (broad SMARTS) is 2. The van der Waals surface area contributed by atoms with Crippen molar-refractivity contribution in [3.63, 3.8) is 0 Å². The highest BCUT2D eigenvalue weighted by atomic mass is 16.4. The Morgan fingerprint density at radius 3 is 0.623 bits per heavy atom. The van der Waals surface area contributed by atoms with Crippen LogP contribution in [-0.4, -0.2) is 106 Å².